The Morgan fingerprint density at radius 1 is 1.67 bits per heavy atom. The third-order valence-corrected chi connectivity index (χ3v) is 2.29. The molecule has 0 aliphatic carbocycles. The van der Waals surface area contributed by atoms with E-state index in [1.165, 1.54) is 0 Å². The van der Waals surface area contributed by atoms with Crippen LogP contribution >= 0.6 is 0 Å². The second-order valence-corrected chi connectivity index (χ2v) is 4.16. The molecule has 0 bridgehead atoms. The summed E-state index contributed by atoms with van der Waals surface area (Å²) in [5.41, 5.74) is -0.656. The molecule has 0 aromatic rings. The monoisotopic (exact) mass is 171 g/mol. The van der Waals surface area contributed by atoms with E-state index in [2.05, 4.69) is 0 Å². The molecule has 0 aromatic carbocycles. The Balaban J connectivity index is 2.46. The second kappa shape index (κ2) is 3.44. The van der Waals surface area contributed by atoms with Gasteiger partial charge in [-0.25, -0.2) is 0 Å². The Morgan fingerprint density at radius 3 is 2.83 bits per heavy atom. The lowest BCUT2D eigenvalue weighted by molar-refractivity contribution is -0.119. The van der Waals surface area contributed by atoms with Crippen molar-refractivity contribution in [3.63, 3.8) is 0 Å². The Morgan fingerprint density at radius 2 is 2.33 bits per heavy atom. The highest BCUT2D eigenvalue weighted by atomic mass is 16.3. The van der Waals surface area contributed by atoms with Crippen LogP contribution in [0.4, 0.5) is 0 Å². The highest BCUT2D eigenvalue weighted by molar-refractivity contribution is 5.48. The lowest BCUT2D eigenvalue weighted by atomic mass is 9.98. The predicted octanol–water partition coefficient (Wildman–Crippen LogP) is 0.768. The molecule has 1 amide bonds. The first-order valence-electron chi connectivity index (χ1n) is 4.46. The van der Waals surface area contributed by atoms with Crippen molar-refractivity contribution in [3.8, 4) is 0 Å². The molecule has 1 N–H and O–H groups in total. The number of amides is 1. The molecule has 1 fully saturated rings. The zero-order valence-electron chi connectivity index (χ0n) is 7.79. The van der Waals surface area contributed by atoms with Crippen molar-refractivity contribution in [1.29, 1.82) is 0 Å². The Kier molecular flexibility index (Phi) is 2.73. The summed E-state index contributed by atoms with van der Waals surface area (Å²) in [5, 5.41) is 9.55. The SMILES string of the molecule is CC(C)(O)C[C@@H]1CCCN1C=O. The topological polar surface area (TPSA) is 40.5 Å². The standard InChI is InChI=1S/C9H17NO2/c1-9(2,12)6-8-4-3-5-10(8)7-11/h7-8,12H,3-6H2,1-2H3/t8-/m0/s1. The van der Waals surface area contributed by atoms with Crippen LogP contribution in [0.5, 0.6) is 0 Å². The maximum atomic E-state index is 10.5. The van der Waals surface area contributed by atoms with Crippen LogP contribution in [-0.2, 0) is 4.79 Å². The van der Waals surface area contributed by atoms with Crippen molar-refractivity contribution >= 4 is 6.41 Å². The fraction of sp³-hybridized carbons (Fsp3) is 0.889. The molecule has 0 saturated carbocycles. The summed E-state index contributed by atoms with van der Waals surface area (Å²) >= 11 is 0. The van der Waals surface area contributed by atoms with Gasteiger partial charge in [0.05, 0.1) is 5.60 Å². The highest BCUT2D eigenvalue weighted by Gasteiger charge is 2.28. The molecule has 1 atom stereocenters. The van der Waals surface area contributed by atoms with Gasteiger partial charge in [-0.05, 0) is 33.1 Å². The molecule has 3 heteroatoms. The van der Waals surface area contributed by atoms with Gasteiger partial charge in [0.25, 0.3) is 0 Å². The smallest absolute Gasteiger partial charge is 0.209 e. The minimum Gasteiger partial charge on any atom is -0.390 e. The minimum atomic E-state index is -0.656. The molecular weight excluding hydrogens is 154 g/mol. The van der Waals surface area contributed by atoms with Crippen molar-refractivity contribution in [1.82, 2.24) is 4.90 Å². The van der Waals surface area contributed by atoms with Crippen LogP contribution in [0.15, 0.2) is 0 Å². The molecular formula is C9H17NO2. The molecule has 3 nitrogen and oxygen atoms in total. The molecule has 0 spiro atoms. The third-order valence-electron chi connectivity index (χ3n) is 2.29. The fourth-order valence-corrected chi connectivity index (χ4v) is 1.79. The van der Waals surface area contributed by atoms with Gasteiger partial charge in [-0.2, -0.15) is 0 Å². The number of carbonyl (C=O) groups is 1. The first-order chi connectivity index (χ1) is 5.53. The van der Waals surface area contributed by atoms with Crippen molar-refractivity contribution in [2.24, 2.45) is 0 Å². The van der Waals surface area contributed by atoms with E-state index in [1.54, 1.807) is 18.7 Å². The maximum absolute atomic E-state index is 10.5. The molecule has 0 aromatic heterocycles. The van der Waals surface area contributed by atoms with Gasteiger partial charge in [-0.1, -0.05) is 0 Å². The van der Waals surface area contributed by atoms with Crippen molar-refractivity contribution in [2.45, 2.75) is 44.8 Å². The van der Waals surface area contributed by atoms with E-state index in [-0.39, 0.29) is 6.04 Å². The predicted molar refractivity (Wildman–Crippen MR) is 46.7 cm³/mol. The van der Waals surface area contributed by atoms with Crippen molar-refractivity contribution < 1.29 is 9.90 Å². The number of likely N-dealkylation sites (tertiary alicyclic amines) is 1. The number of nitrogens with zero attached hydrogens (tertiary/aromatic N) is 1. The first-order valence-corrected chi connectivity index (χ1v) is 4.46. The lowest BCUT2D eigenvalue weighted by Crippen LogP contribution is -2.35. The number of carbonyl (C=O) groups excluding carboxylic acids is 1. The van der Waals surface area contributed by atoms with Gasteiger partial charge >= 0.3 is 0 Å². The highest BCUT2D eigenvalue weighted by Crippen LogP contribution is 2.23. The van der Waals surface area contributed by atoms with Crippen LogP contribution in [0.25, 0.3) is 0 Å². The summed E-state index contributed by atoms with van der Waals surface area (Å²) in [5.74, 6) is 0. The van der Waals surface area contributed by atoms with Gasteiger partial charge in [0.2, 0.25) is 6.41 Å². The summed E-state index contributed by atoms with van der Waals surface area (Å²) < 4.78 is 0. The van der Waals surface area contributed by atoms with E-state index in [0.29, 0.717) is 6.42 Å². The number of hydrogen-bond donors (Lipinski definition) is 1. The molecule has 1 rings (SSSR count). The van der Waals surface area contributed by atoms with E-state index in [0.717, 1.165) is 25.8 Å². The second-order valence-electron chi connectivity index (χ2n) is 4.16. The van der Waals surface area contributed by atoms with Crippen molar-refractivity contribution in [2.75, 3.05) is 6.54 Å². The quantitative estimate of drug-likeness (QED) is 0.637. The molecule has 0 radical (unpaired) electrons. The molecule has 12 heavy (non-hydrogen) atoms. The van der Waals surface area contributed by atoms with E-state index in [9.17, 15) is 9.90 Å². The normalized spacial score (nSPS) is 24.6. The summed E-state index contributed by atoms with van der Waals surface area (Å²) in [6.07, 6.45) is 3.68. The zero-order valence-corrected chi connectivity index (χ0v) is 7.79. The van der Waals surface area contributed by atoms with E-state index < -0.39 is 5.60 Å². The van der Waals surface area contributed by atoms with Crippen LogP contribution in [0.3, 0.4) is 0 Å². The van der Waals surface area contributed by atoms with Gasteiger partial charge in [0.15, 0.2) is 0 Å². The molecule has 1 saturated heterocycles. The van der Waals surface area contributed by atoms with Crippen LogP contribution in [0.1, 0.15) is 33.1 Å². The van der Waals surface area contributed by atoms with Gasteiger partial charge in [-0.15, -0.1) is 0 Å². The molecule has 70 valence electrons. The molecule has 0 unspecified atom stereocenters. The van der Waals surface area contributed by atoms with Crippen molar-refractivity contribution in [3.05, 3.63) is 0 Å². The van der Waals surface area contributed by atoms with E-state index in [4.69, 9.17) is 0 Å². The minimum absolute atomic E-state index is 0.252. The van der Waals surface area contributed by atoms with E-state index >= 15 is 0 Å². The van der Waals surface area contributed by atoms with E-state index in [1.807, 2.05) is 0 Å². The summed E-state index contributed by atoms with van der Waals surface area (Å²) in [6.45, 7) is 4.42. The van der Waals surface area contributed by atoms with Gasteiger partial charge in [0.1, 0.15) is 0 Å². The Labute approximate surface area is 73.4 Å². The largest absolute Gasteiger partial charge is 0.390 e. The lowest BCUT2D eigenvalue weighted by Gasteiger charge is -2.26. The molecule has 1 heterocycles. The average molecular weight is 171 g/mol. The number of rotatable bonds is 3. The van der Waals surface area contributed by atoms with Gasteiger partial charge in [-0.3, -0.25) is 4.79 Å². The number of aliphatic hydroxyl groups is 1. The fourth-order valence-electron chi connectivity index (χ4n) is 1.79. The van der Waals surface area contributed by atoms with Crippen LogP contribution < -0.4 is 0 Å². The summed E-state index contributed by atoms with van der Waals surface area (Å²) in [7, 11) is 0. The zero-order chi connectivity index (χ0) is 9.19. The maximum Gasteiger partial charge on any atom is 0.209 e. The molecule has 1 aliphatic heterocycles. The molecule has 1 aliphatic rings. The van der Waals surface area contributed by atoms with Gasteiger partial charge < -0.3 is 10.0 Å². The van der Waals surface area contributed by atoms with Gasteiger partial charge in [0, 0.05) is 12.6 Å². The van der Waals surface area contributed by atoms with Crippen LogP contribution in [-0.4, -0.2) is 34.6 Å². The van der Waals surface area contributed by atoms with Crippen LogP contribution in [0.2, 0.25) is 0 Å². The first kappa shape index (κ1) is 9.52. The summed E-state index contributed by atoms with van der Waals surface area (Å²) in [4.78, 5) is 12.3. The Hall–Kier alpha value is -0.570. The average Bonchev–Trinajstić information content (AvgIpc) is 2.31. The summed E-state index contributed by atoms with van der Waals surface area (Å²) in [6, 6.07) is 0.252. The Bertz CT molecular complexity index is 162. The number of hydrogen-bond acceptors (Lipinski definition) is 2. The third kappa shape index (κ3) is 2.48. The van der Waals surface area contributed by atoms with Crippen LogP contribution in [0, 0.1) is 0 Å².